The third-order valence-corrected chi connectivity index (χ3v) is 4.61. The van der Waals surface area contributed by atoms with Gasteiger partial charge in [-0.05, 0) is 48.5 Å². The lowest BCUT2D eigenvalue weighted by Crippen LogP contribution is -2.15. The maximum atomic E-state index is 11.9. The maximum absolute atomic E-state index is 11.9. The minimum Gasteiger partial charge on any atom is -0.334 e. The first-order valence-electron chi connectivity index (χ1n) is 9.74. The molecule has 0 radical (unpaired) electrons. The number of azo groups is 1. The Kier molecular flexibility index (Phi) is 6.08. The highest BCUT2D eigenvalue weighted by Crippen LogP contribution is 2.36. The molecule has 9 heteroatoms. The zero-order valence-electron chi connectivity index (χ0n) is 17.2. The molecule has 0 unspecified atom stereocenters. The predicted octanol–water partition coefficient (Wildman–Crippen LogP) is 6.31. The maximum Gasteiger partial charge on any atom is 0.354 e. The van der Waals surface area contributed by atoms with Gasteiger partial charge >= 0.3 is 5.69 Å². The minimum atomic E-state index is -0.487. The van der Waals surface area contributed by atoms with Gasteiger partial charge in [0.2, 0.25) is 11.6 Å². The number of nitrogens with zero attached hydrogens (tertiary/aromatic N) is 6. The molecule has 0 fully saturated rings. The van der Waals surface area contributed by atoms with Crippen molar-refractivity contribution in [1.82, 2.24) is 9.97 Å². The van der Waals surface area contributed by atoms with Crippen LogP contribution in [-0.4, -0.2) is 21.9 Å². The second-order valence-corrected chi connectivity index (χ2v) is 6.75. The summed E-state index contributed by atoms with van der Waals surface area (Å²) < 4.78 is 0. The predicted molar refractivity (Wildman–Crippen MR) is 124 cm³/mol. The monoisotopic (exact) mass is 425 g/mol. The van der Waals surface area contributed by atoms with E-state index in [1.807, 2.05) is 60.7 Å². The van der Waals surface area contributed by atoms with Gasteiger partial charge in [0, 0.05) is 18.4 Å². The Labute approximate surface area is 184 Å². The first-order chi connectivity index (χ1) is 15.6. The molecule has 1 heterocycles. The van der Waals surface area contributed by atoms with E-state index in [4.69, 9.17) is 0 Å². The molecule has 158 valence electrons. The Morgan fingerprint density at radius 3 is 2.06 bits per heavy atom. The average Bonchev–Trinajstić information content (AvgIpc) is 2.84. The molecular weight excluding hydrogens is 406 g/mol. The Balaban J connectivity index is 1.58. The summed E-state index contributed by atoms with van der Waals surface area (Å²) in [5.41, 5.74) is 2.58. The number of para-hydroxylation sites is 1. The van der Waals surface area contributed by atoms with E-state index in [1.54, 1.807) is 36.2 Å². The molecule has 0 aliphatic heterocycles. The fourth-order valence-corrected chi connectivity index (χ4v) is 3.01. The Morgan fingerprint density at radius 1 is 0.844 bits per heavy atom. The van der Waals surface area contributed by atoms with Crippen molar-refractivity contribution in [2.75, 3.05) is 17.3 Å². The van der Waals surface area contributed by atoms with Crippen LogP contribution in [0.25, 0.3) is 0 Å². The van der Waals surface area contributed by atoms with E-state index >= 15 is 0 Å². The summed E-state index contributed by atoms with van der Waals surface area (Å²) in [6, 6.07) is 25.7. The highest BCUT2D eigenvalue weighted by molar-refractivity contribution is 5.78. The van der Waals surface area contributed by atoms with E-state index in [2.05, 4.69) is 25.5 Å². The smallest absolute Gasteiger partial charge is 0.334 e. The van der Waals surface area contributed by atoms with Crippen LogP contribution in [0.4, 0.5) is 40.1 Å². The van der Waals surface area contributed by atoms with Gasteiger partial charge in [-0.2, -0.15) is 10.2 Å². The summed E-state index contributed by atoms with van der Waals surface area (Å²) in [6.07, 6.45) is 1.30. The van der Waals surface area contributed by atoms with E-state index in [1.165, 1.54) is 6.33 Å². The lowest BCUT2D eigenvalue weighted by atomic mass is 10.2. The number of hydrogen-bond acceptors (Lipinski definition) is 8. The van der Waals surface area contributed by atoms with E-state index in [0.29, 0.717) is 11.4 Å². The van der Waals surface area contributed by atoms with Crippen molar-refractivity contribution in [2.45, 2.75) is 0 Å². The van der Waals surface area contributed by atoms with Crippen LogP contribution < -0.4 is 10.2 Å². The Hall–Kier alpha value is -4.66. The van der Waals surface area contributed by atoms with Crippen molar-refractivity contribution in [1.29, 1.82) is 0 Å². The second-order valence-electron chi connectivity index (χ2n) is 6.75. The molecule has 9 nitrogen and oxygen atoms in total. The normalized spacial score (nSPS) is 10.8. The van der Waals surface area contributed by atoms with Gasteiger partial charge < -0.3 is 10.2 Å². The lowest BCUT2D eigenvalue weighted by molar-refractivity contribution is -0.383. The van der Waals surface area contributed by atoms with Crippen LogP contribution in [0.15, 0.2) is 101 Å². The van der Waals surface area contributed by atoms with E-state index in [-0.39, 0.29) is 17.3 Å². The molecule has 4 rings (SSSR count). The van der Waals surface area contributed by atoms with Crippen molar-refractivity contribution >= 4 is 40.1 Å². The molecule has 0 bridgehead atoms. The third kappa shape index (κ3) is 4.73. The number of rotatable bonds is 7. The van der Waals surface area contributed by atoms with Crippen LogP contribution in [0, 0.1) is 10.1 Å². The summed E-state index contributed by atoms with van der Waals surface area (Å²) in [6.45, 7) is 0. The molecule has 32 heavy (non-hydrogen) atoms. The second kappa shape index (κ2) is 9.43. The number of aromatic nitrogens is 2. The van der Waals surface area contributed by atoms with Crippen LogP contribution in [0.1, 0.15) is 0 Å². The van der Waals surface area contributed by atoms with Crippen LogP contribution >= 0.6 is 0 Å². The third-order valence-electron chi connectivity index (χ3n) is 4.61. The van der Waals surface area contributed by atoms with Crippen LogP contribution in [0.3, 0.4) is 0 Å². The van der Waals surface area contributed by atoms with Gasteiger partial charge in [0.1, 0.15) is 6.33 Å². The van der Waals surface area contributed by atoms with Crippen molar-refractivity contribution in [2.24, 2.45) is 10.2 Å². The summed E-state index contributed by atoms with van der Waals surface area (Å²) in [4.78, 5) is 21.3. The topological polar surface area (TPSA) is 109 Å². The Bertz CT molecular complexity index is 1230. The molecule has 3 aromatic carbocycles. The summed E-state index contributed by atoms with van der Waals surface area (Å²) in [7, 11) is 1.72. The molecule has 0 spiro atoms. The fourth-order valence-electron chi connectivity index (χ4n) is 3.01. The van der Waals surface area contributed by atoms with Crippen molar-refractivity contribution in [3.63, 3.8) is 0 Å². The number of benzene rings is 3. The molecule has 1 N–H and O–H groups in total. The lowest BCUT2D eigenvalue weighted by Gasteiger charge is -2.18. The van der Waals surface area contributed by atoms with Crippen molar-refractivity contribution in [3.05, 3.63) is 101 Å². The van der Waals surface area contributed by atoms with Crippen LogP contribution in [-0.2, 0) is 0 Å². The molecule has 4 aromatic rings. The zero-order chi connectivity index (χ0) is 22.3. The highest BCUT2D eigenvalue weighted by Gasteiger charge is 2.26. The van der Waals surface area contributed by atoms with Crippen molar-refractivity contribution in [3.8, 4) is 0 Å². The standard InChI is InChI=1S/C23H19N7O2/c1-29(20-10-6-3-7-11-20)23-21(30(31)32)22(24-16-25-23)26-17-12-14-19(15-13-17)28-27-18-8-4-2-5-9-18/h2-16H,1H3,(H,24,25,26). The van der Waals surface area contributed by atoms with Crippen LogP contribution in [0.5, 0.6) is 0 Å². The SMILES string of the molecule is CN(c1ccccc1)c1ncnc(Nc2ccc(N=Nc3ccccc3)cc2)c1[N+](=O)[O-]. The van der Waals surface area contributed by atoms with Gasteiger partial charge in [-0.15, -0.1) is 0 Å². The van der Waals surface area contributed by atoms with Gasteiger partial charge in [-0.25, -0.2) is 9.97 Å². The van der Waals surface area contributed by atoms with Gasteiger partial charge in [0.25, 0.3) is 0 Å². The fraction of sp³-hybridized carbons (Fsp3) is 0.0435. The van der Waals surface area contributed by atoms with Crippen molar-refractivity contribution < 1.29 is 4.92 Å². The van der Waals surface area contributed by atoms with E-state index in [9.17, 15) is 10.1 Å². The van der Waals surface area contributed by atoms with E-state index in [0.717, 1.165) is 11.4 Å². The summed E-state index contributed by atoms with van der Waals surface area (Å²) >= 11 is 0. The van der Waals surface area contributed by atoms with E-state index < -0.39 is 4.92 Å². The van der Waals surface area contributed by atoms with Gasteiger partial charge in [-0.3, -0.25) is 10.1 Å². The molecule has 0 atom stereocenters. The van der Waals surface area contributed by atoms with Crippen LogP contribution in [0.2, 0.25) is 0 Å². The number of nitrogens with one attached hydrogen (secondary N) is 1. The molecule has 0 amide bonds. The highest BCUT2D eigenvalue weighted by atomic mass is 16.6. The molecular formula is C23H19N7O2. The molecule has 0 aliphatic rings. The van der Waals surface area contributed by atoms with Gasteiger partial charge in [0.15, 0.2) is 0 Å². The minimum absolute atomic E-state index is 0.0986. The summed E-state index contributed by atoms with van der Waals surface area (Å²) in [5.74, 6) is 0.286. The summed E-state index contributed by atoms with van der Waals surface area (Å²) in [5, 5.41) is 23.3. The number of hydrogen-bond donors (Lipinski definition) is 1. The average molecular weight is 425 g/mol. The van der Waals surface area contributed by atoms with Gasteiger partial charge in [-0.1, -0.05) is 36.4 Å². The van der Waals surface area contributed by atoms with Gasteiger partial charge in [0.05, 0.1) is 16.3 Å². The quantitative estimate of drug-likeness (QED) is 0.211. The number of anilines is 4. The molecule has 0 saturated carbocycles. The number of nitro groups is 1. The molecule has 0 aliphatic carbocycles. The largest absolute Gasteiger partial charge is 0.354 e. The molecule has 1 aromatic heterocycles. The zero-order valence-corrected chi connectivity index (χ0v) is 17.2. The molecule has 0 saturated heterocycles. The Morgan fingerprint density at radius 2 is 1.44 bits per heavy atom. The first-order valence-corrected chi connectivity index (χ1v) is 9.74. The first kappa shape index (κ1) is 20.6.